The Kier molecular flexibility index (Phi) is 2.55. The van der Waals surface area contributed by atoms with Crippen LogP contribution in [0.4, 0.5) is 5.69 Å². The van der Waals surface area contributed by atoms with Gasteiger partial charge in [0.1, 0.15) is 12.4 Å². The molecule has 5 nitrogen and oxygen atoms in total. The molecule has 0 saturated carbocycles. The minimum atomic E-state index is -0.354. The average Bonchev–Trinajstić information content (AvgIpc) is 2.28. The predicted molar refractivity (Wildman–Crippen MR) is 54.4 cm³/mol. The molecule has 1 aliphatic rings. The van der Waals surface area contributed by atoms with Crippen molar-refractivity contribution in [2.75, 3.05) is 26.1 Å². The normalized spacial score (nSPS) is 18.7. The summed E-state index contributed by atoms with van der Waals surface area (Å²) in [4.78, 5) is 0. The molecule has 82 valence electrons. The Morgan fingerprint density at radius 1 is 1.60 bits per heavy atom. The maximum Gasteiger partial charge on any atom is 0.185 e. The number of nitrogens with two attached hydrogens (primary N) is 1. The highest BCUT2D eigenvalue weighted by molar-refractivity contribution is 5.64. The van der Waals surface area contributed by atoms with Gasteiger partial charge in [0, 0.05) is 12.1 Å². The molecule has 0 aromatic heterocycles. The highest BCUT2D eigenvalue weighted by atomic mass is 16.6. The van der Waals surface area contributed by atoms with E-state index in [1.807, 2.05) is 0 Å². The van der Waals surface area contributed by atoms with Crippen LogP contribution in [0.25, 0.3) is 0 Å². The summed E-state index contributed by atoms with van der Waals surface area (Å²) in [6, 6.07) is 3.36. The number of hydrogen-bond acceptors (Lipinski definition) is 5. The van der Waals surface area contributed by atoms with Gasteiger partial charge in [0.15, 0.2) is 17.6 Å². The Morgan fingerprint density at radius 2 is 2.40 bits per heavy atom. The minimum Gasteiger partial charge on any atom is -0.497 e. The Morgan fingerprint density at radius 3 is 3.07 bits per heavy atom. The summed E-state index contributed by atoms with van der Waals surface area (Å²) in [5.74, 6) is 1.65. The molecule has 3 N–H and O–H groups in total. The Bertz CT molecular complexity index is 367. The molecule has 0 aliphatic carbocycles. The molecule has 0 amide bonds. The molecule has 1 unspecified atom stereocenters. The lowest BCUT2D eigenvalue weighted by Crippen LogP contribution is -2.32. The van der Waals surface area contributed by atoms with E-state index >= 15 is 0 Å². The van der Waals surface area contributed by atoms with Crippen LogP contribution in [0.5, 0.6) is 17.2 Å². The molecule has 0 saturated heterocycles. The lowest BCUT2D eigenvalue weighted by Gasteiger charge is -2.26. The molecule has 1 heterocycles. The zero-order valence-corrected chi connectivity index (χ0v) is 8.40. The highest BCUT2D eigenvalue weighted by Gasteiger charge is 2.23. The van der Waals surface area contributed by atoms with Crippen LogP contribution in [0.2, 0.25) is 0 Å². The lowest BCUT2D eigenvalue weighted by molar-refractivity contribution is 0.0462. The number of rotatable bonds is 2. The number of nitrogen functional groups attached to an aromatic ring is 1. The van der Waals surface area contributed by atoms with Crippen LogP contribution in [0.15, 0.2) is 12.1 Å². The van der Waals surface area contributed by atoms with Gasteiger partial charge in [0.05, 0.1) is 19.4 Å². The highest BCUT2D eigenvalue weighted by Crippen LogP contribution is 2.40. The number of hydrogen-bond donors (Lipinski definition) is 2. The largest absolute Gasteiger partial charge is 0.497 e. The van der Waals surface area contributed by atoms with Crippen LogP contribution in [0.3, 0.4) is 0 Å². The Hall–Kier alpha value is -1.62. The van der Waals surface area contributed by atoms with Crippen molar-refractivity contribution in [3.8, 4) is 17.2 Å². The molecule has 5 heteroatoms. The zero-order valence-electron chi connectivity index (χ0n) is 8.40. The molecule has 1 aromatic carbocycles. The van der Waals surface area contributed by atoms with Gasteiger partial charge in [-0.2, -0.15) is 0 Å². The summed E-state index contributed by atoms with van der Waals surface area (Å²) < 4.78 is 15.9. The quantitative estimate of drug-likeness (QED) is 0.693. The number of aliphatic hydroxyl groups excluding tert-OH is 1. The summed E-state index contributed by atoms with van der Waals surface area (Å²) in [6.45, 7) is 0.223. The molecule has 0 bridgehead atoms. The SMILES string of the molecule is COc1cc(N)c2c(c1)OCC(CO)O2. The van der Waals surface area contributed by atoms with Gasteiger partial charge in [-0.25, -0.2) is 0 Å². The van der Waals surface area contributed by atoms with Crippen molar-refractivity contribution in [3.05, 3.63) is 12.1 Å². The number of fused-ring (bicyclic) bond motifs is 1. The van der Waals surface area contributed by atoms with E-state index in [4.69, 9.17) is 25.1 Å². The molecular formula is C10H13NO4. The van der Waals surface area contributed by atoms with Crippen molar-refractivity contribution in [3.63, 3.8) is 0 Å². The number of ether oxygens (including phenoxy) is 3. The molecule has 0 radical (unpaired) electrons. The summed E-state index contributed by atoms with van der Waals surface area (Å²) in [6.07, 6.45) is -0.354. The molecule has 1 aromatic rings. The van der Waals surface area contributed by atoms with Crippen molar-refractivity contribution < 1.29 is 19.3 Å². The van der Waals surface area contributed by atoms with E-state index < -0.39 is 0 Å². The summed E-state index contributed by atoms with van der Waals surface area (Å²) in [7, 11) is 1.56. The van der Waals surface area contributed by atoms with Gasteiger partial charge < -0.3 is 25.1 Å². The molecule has 15 heavy (non-hydrogen) atoms. The van der Waals surface area contributed by atoms with Crippen molar-refractivity contribution >= 4 is 5.69 Å². The van der Waals surface area contributed by atoms with Gasteiger partial charge in [0.2, 0.25) is 0 Å². The lowest BCUT2D eigenvalue weighted by atomic mass is 10.2. The van der Waals surface area contributed by atoms with Gasteiger partial charge in [-0.1, -0.05) is 0 Å². The third-order valence-corrected chi connectivity index (χ3v) is 2.21. The molecular weight excluding hydrogens is 198 g/mol. The molecule has 1 atom stereocenters. The third kappa shape index (κ3) is 1.78. The van der Waals surface area contributed by atoms with E-state index in [9.17, 15) is 0 Å². The minimum absolute atomic E-state index is 0.0924. The number of aliphatic hydroxyl groups is 1. The van der Waals surface area contributed by atoms with Crippen LogP contribution < -0.4 is 19.9 Å². The fraction of sp³-hybridized carbons (Fsp3) is 0.400. The van der Waals surface area contributed by atoms with Crippen molar-refractivity contribution in [1.29, 1.82) is 0 Å². The number of anilines is 1. The van der Waals surface area contributed by atoms with Crippen LogP contribution in [-0.2, 0) is 0 Å². The Labute approximate surface area is 87.4 Å². The fourth-order valence-corrected chi connectivity index (χ4v) is 1.42. The second kappa shape index (κ2) is 3.86. The van der Waals surface area contributed by atoms with Gasteiger partial charge in [-0.15, -0.1) is 0 Å². The fourth-order valence-electron chi connectivity index (χ4n) is 1.42. The molecule has 0 fully saturated rings. The van der Waals surface area contributed by atoms with Crippen molar-refractivity contribution in [2.45, 2.75) is 6.10 Å². The van der Waals surface area contributed by atoms with Crippen LogP contribution in [0, 0.1) is 0 Å². The van der Waals surface area contributed by atoms with E-state index in [1.165, 1.54) is 0 Å². The van der Waals surface area contributed by atoms with Crippen LogP contribution in [-0.4, -0.2) is 31.5 Å². The van der Waals surface area contributed by atoms with Crippen LogP contribution in [0.1, 0.15) is 0 Å². The zero-order chi connectivity index (χ0) is 10.8. The van der Waals surface area contributed by atoms with E-state index in [0.717, 1.165) is 0 Å². The topological polar surface area (TPSA) is 73.9 Å². The first-order valence-corrected chi connectivity index (χ1v) is 4.62. The van der Waals surface area contributed by atoms with Crippen molar-refractivity contribution in [1.82, 2.24) is 0 Å². The average molecular weight is 211 g/mol. The van der Waals surface area contributed by atoms with E-state index in [1.54, 1.807) is 19.2 Å². The van der Waals surface area contributed by atoms with Crippen LogP contribution >= 0.6 is 0 Å². The first-order valence-electron chi connectivity index (χ1n) is 4.62. The Balaban J connectivity index is 2.35. The summed E-state index contributed by atoms with van der Waals surface area (Å²) in [5, 5.41) is 8.94. The first-order chi connectivity index (χ1) is 7.24. The molecule has 1 aliphatic heterocycles. The monoisotopic (exact) mass is 211 g/mol. The smallest absolute Gasteiger partial charge is 0.185 e. The number of benzene rings is 1. The maximum absolute atomic E-state index is 8.94. The predicted octanol–water partition coefficient (Wildman–Crippen LogP) is 0.410. The van der Waals surface area contributed by atoms with Crippen molar-refractivity contribution in [2.24, 2.45) is 0 Å². The summed E-state index contributed by atoms with van der Waals surface area (Å²) >= 11 is 0. The van der Waals surface area contributed by atoms with E-state index in [0.29, 0.717) is 29.5 Å². The van der Waals surface area contributed by atoms with E-state index in [2.05, 4.69) is 0 Å². The maximum atomic E-state index is 8.94. The third-order valence-electron chi connectivity index (χ3n) is 2.21. The standard InChI is InChI=1S/C10H13NO4/c1-13-6-2-8(11)10-9(3-6)14-5-7(4-12)15-10/h2-3,7,12H,4-5,11H2,1H3. The van der Waals surface area contributed by atoms with Gasteiger partial charge in [-0.3, -0.25) is 0 Å². The van der Waals surface area contributed by atoms with Gasteiger partial charge in [0.25, 0.3) is 0 Å². The van der Waals surface area contributed by atoms with Gasteiger partial charge >= 0.3 is 0 Å². The van der Waals surface area contributed by atoms with E-state index in [-0.39, 0.29) is 12.7 Å². The second-order valence-corrected chi connectivity index (χ2v) is 3.28. The first kappa shape index (κ1) is 9.92. The molecule has 0 spiro atoms. The van der Waals surface area contributed by atoms with Gasteiger partial charge in [-0.05, 0) is 0 Å². The number of methoxy groups -OCH3 is 1. The second-order valence-electron chi connectivity index (χ2n) is 3.28. The molecule has 2 rings (SSSR count). The summed E-state index contributed by atoms with van der Waals surface area (Å²) in [5.41, 5.74) is 6.21.